The van der Waals surface area contributed by atoms with Gasteiger partial charge in [0.2, 0.25) is 11.8 Å². The lowest BCUT2D eigenvalue weighted by Crippen LogP contribution is -2.49. The number of halogens is 1. The van der Waals surface area contributed by atoms with E-state index in [0.29, 0.717) is 16.4 Å². The van der Waals surface area contributed by atoms with E-state index in [-0.39, 0.29) is 29.2 Å². The van der Waals surface area contributed by atoms with Crippen molar-refractivity contribution in [1.82, 2.24) is 0 Å². The Morgan fingerprint density at radius 1 is 0.846 bits per heavy atom. The van der Waals surface area contributed by atoms with Crippen LogP contribution in [0.3, 0.4) is 0 Å². The molecular weight excluding hydrogens is 508 g/mol. The number of benzene rings is 4. The zero-order chi connectivity index (χ0) is 27.1. The lowest BCUT2D eigenvalue weighted by atomic mass is 9.48. The van der Waals surface area contributed by atoms with Gasteiger partial charge in [-0.05, 0) is 65.9 Å². The fraction of sp³-hybridized carbons (Fsp3) is 0.182. The van der Waals surface area contributed by atoms with Crippen LogP contribution in [0.25, 0.3) is 0 Å². The molecule has 4 aliphatic rings. The monoisotopic (exact) mass is 532 g/mol. The van der Waals surface area contributed by atoms with Crippen molar-refractivity contribution < 1.29 is 14.4 Å². The molecular formula is C33H25ClN2O3. The summed E-state index contributed by atoms with van der Waals surface area (Å²) in [5.41, 5.74) is 5.42. The number of hydrogen-bond acceptors (Lipinski definition) is 3. The highest BCUT2D eigenvalue weighted by molar-refractivity contribution is 6.31. The minimum absolute atomic E-state index is 0.232. The SMILES string of the molecule is Cc1ccc(Cl)cc1NC(=O)c1ccccc1N1C(=O)[C@H]2C3c4ccccc4C(c4ccccc43)[C@@]2(C)C1=O. The van der Waals surface area contributed by atoms with Crippen LogP contribution in [0, 0.1) is 18.3 Å². The molecule has 3 amide bonds. The molecule has 5 nitrogen and oxygen atoms in total. The first kappa shape index (κ1) is 23.9. The van der Waals surface area contributed by atoms with Crippen molar-refractivity contribution in [3.8, 4) is 0 Å². The van der Waals surface area contributed by atoms with Gasteiger partial charge in [0, 0.05) is 22.5 Å². The molecule has 4 aromatic carbocycles. The van der Waals surface area contributed by atoms with E-state index >= 15 is 0 Å². The van der Waals surface area contributed by atoms with E-state index < -0.39 is 17.2 Å². The Balaban J connectivity index is 1.35. The first-order valence-corrected chi connectivity index (χ1v) is 13.4. The molecule has 2 bridgehead atoms. The van der Waals surface area contributed by atoms with Gasteiger partial charge in [-0.1, -0.05) is 78.3 Å². The average Bonchev–Trinajstić information content (AvgIpc) is 3.15. The summed E-state index contributed by atoms with van der Waals surface area (Å²) in [5.74, 6) is -1.99. The maximum Gasteiger partial charge on any atom is 0.257 e. The molecule has 0 unspecified atom stereocenters. The summed E-state index contributed by atoms with van der Waals surface area (Å²) in [7, 11) is 0. The third-order valence-electron chi connectivity index (χ3n) is 8.85. The van der Waals surface area contributed by atoms with E-state index in [1.54, 1.807) is 36.4 Å². The van der Waals surface area contributed by atoms with Crippen molar-refractivity contribution >= 4 is 40.7 Å². The van der Waals surface area contributed by atoms with Gasteiger partial charge in [-0.25, -0.2) is 4.90 Å². The van der Waals surface area contributed by atoms with Crippen molar-refractivity contribution in [3.05, 3.63) is 129 Å². The quantitative estimate of drug-likeness (QED) is 0.299. The summed E-state index contributed by atoms with van der Waals surface area (Å²) in [5, 5.41) is 3.42. The standard InChI is InChI=1S/C33H25ClN2O3/c1-18-15-16-19(34)17-25(18)35-30(37)24-13-7-8-14-26(24)36-31(38)29-27-20-9-3-5-11-22(20)28(33(29,2)32(36)39)23-12-6-4-10-21(23)27/h3-17,27-29H,1-2H3,(H,35,37)/t27?,28?,29-,33-/m1/s1. The number of nitrogens with zero attached hydrogens (tertiary/aromatic N) is 1. The summed E-state index contributed by atoms with van der Waals surface area (Å²) >= 11 is 6.17. The van der Waals surface area contributed by atoms with Crippen LogP contribution in [0.4, 0.5) is 11.4 Å². The Morgan fingerprint density at radius 2 is 1.44 bits per heavy atom. The summed E-state index contributed by atoms with van der Waals surface area (Å²) in [6, 6.07) is 28.4. The maximum atomic E-state index is 14.5. The second-order valence-electron chi connectivity index (χ2n) is 10.8. The summed E-state index contributed by atoms with van der Waals surface area (Å²) in [6.07, 6.45) is 0. The highest BCUT2D eigenvalue weighted by Crippen LogP contribution is 2.67. The van der Waals surface area contributed by atoms with Gasteiger partial charge in [0.05, 0.1) is 22.6 Å². The molecule has 1 N–H and O–H groups in total. The van der Waals surface area contributed by atoms with Gasteiger partial charge >= 0.3 is 0 Å². The van der Waals surface area contributed by atoms with E-state index in [0.717, 1.165) is 27.8 Å². The van der Waals surface area contributed by atoms with Gasteiger partial charge in [0.25, 0.3) is 5.91 Å². The smallest absolute Gasteiger partial charge is 0.257 e. The van der Waals surface area contributed by atoms with Gasteiger partial charge in [-0.3, -0.25) is 14.4 Å². The van der Waals surface area contributed by atoms with Crippen LogP contribution in [-0.2, 0) is 9.59 Å². The number of aryl methyl sites for hydroxylation is 1. The number of carbonyl (C=O) groups is 3. The van der Waals surface area contributed by atoms with Crippen LogP contribution in [0.15, 0.2) is 91.0 Å². The van der Waals surface area contributed by atoms with Crippen LogP contribution >= 0.6 is 11.6 Å². The fourth-order valence-corrected chi connectivity index (χ4v) is 7.30. The first-order chi connectivity index (χ1) is 18.8. The van der Waals surface area contributed by atoms with Crippen molar-refractivity contribution in [1.29, 1.82) is 0 Å². The third-order valence-corrected chi connectivity index (χ3v) is 9.09. The summed E-state index contributed by atoms with van der Waals surface area (Å²) in [6.45, 7) is 3.81. The van der Waals surface area contributed by atoms with E-state index in [4.69, 9.17) is 11.6 Å². The summed E-state index contributed by atoms with van der Waals surface area (Å²) < 4.78 is 0. The Kier molecular flexibility index (Phi) is 5.13. The number of amides is 3. The van der Waals surface area contributed by atoms with Crippen LogP contribution in [0.5, 0.6) is 0 Å². The topological polar surface area (TPSA) is 66.5 Å². The molecule has 4 aromatic rings. The normalized spacial score (nSPS) is 24.3. The van der Waals surface area contributed by atoms with Crippen LogP contribution in [-0.4, -0.2) is 17.7 Å². The van der Waals surface area contributed by atoms with Crippen LogP contribution in [0.2, 0.25) is 5.02 Å². The van der Waals surface area contributed by atoms with Gasteiger partial charge in [0.1, 0.15) is 0 Å². The lowest BCUT2D eigenvalue weighted by molar-refractivity contribution is -0.128. The third kappa shape index (κ3) is 3.17. The van der Waals surface area contributed by atoms with Crippen LogP contribution in [0.1, 0.15) is 56.9 Å². The first-order valence-electron chi connectivity index (χ1n) is 13.0. The zero-order valence-electron chi connectivity index (χ0n) is 21.4. The second-order valence-corrected chi connectivity index (χ2v) is 11.3. The molecule has 1 saturated heterocycles. The number of para-hydroxylation sites is 1. The van der Waals surface area contributed by atoms with Gasteiger partial charge in [-0.2, -0.15) is 0 Å². The average molecular weight is 533 g/mol. The van der Waals surface area contributed by atoms with E-state index in [1.165, 1.54) is 4.90 Å². The van der Waals surface area contributed by atoms with Gasteiger partial charge in [0.15, 0.2) is 0 Å². The number of carbonyl (C=O) groups excluding carboxylic acids is 3. The number of anilines is 2. The van der Waals surface area contributed by atoms with Gasteiger partial charge < -0.3 is 5.32 Å². The molecule has 1 fully saturated rings. The van der Waals surface area contributed by atoms with Crippen molar-refractivity contribution in [2.45, 2.75) is 25.7 Å². The predicted octanol–water partition coefficient (Wildman–Crippen LogP) is 6.69. The second kappa shape index (κ2) is 8.39. The number of hydrogen-bond donors (Lipinski definition) is 1. The minimum atomic E-state index is -0.975. The Hall–Kier alpha value is -4.22. The molecule has 2 atom stereocenters. The molecule has 3 aliphatic carbocycles. The molecule has 6 heteroatoms. The maximum absolute atomic E-state index is 14.5. The Bertz CT molecular complexity index is 1680. The van der Waals surface area contributed by atoms with E-state index in [9.17, 15) is 14.4 Å². The van der Waals surface area contributed by atoms with E-state index in [1.807, 2.05) is 44.2 Å². The fourth-order valence-electron chi connectivity index (χ4n) is 7.12. The zero-order valence-corrected chi connectivity index (χ0v) is 22.2. The van der Waals surface area contributed by atoms with Crippen LogP contribution < -0.4 is 10.2 Å². The van der Waals surface area contributed by atoms with Crippen molar-refractivity contribution in [2.24, 2.45) is 11.3 Å². The largest absolute Gasteiger partial charge is 0.322 e. The highest BCUT2D eigenvalue weighted by Gasteiger charge is 2.69. The molecule has 192 valence electrons. The predicted molar refractivity (Wildman–Crippen MR) is 151 cm³/mol. The molecule has 8 rings (SSSR count). The number of imide groups is 1. The lowest BCUT2D eigenvalue weighted by Gasteiger charge is -2.51. The van der Waals surface area contributed by atoms with Gasteiger partial charge in [-0.15, -0.1) is 0 Å². The van der Waals surface area contributed by atoms with Crippen molar-refractivity contribution in [3.63, 3.8) is 0 Å². The van der Waals surface area contributed by atoms with Crippen molar-refractivity contribution in [2.75, 3.05) is 10.2 Å². The molecule has 1 aliphatic heterocycles. The highest BCUT2D eigenvalue weighted by atomic mass is 35.5. The minimum Gasteiger partial charge on any atom is -0.322 e. The molecule has 0 saturated carbocycles. The molecule has 39 heavy (non-hydrogen) atoms. The Morgan fingerprint density at radius 3 is 2.10 bits per heavy atom. The summed E-state index contributed by atoms with van der Waals surface area (Å²) in [4.78, 5) is 43.6. The molecule has 0 spiro atoms. The number of rotatable bonds is 3. The molecule has 0 aromatic heterocycles. The molecule has 1 heterocycles. The molecule has 0 radical (unpaired) electrons. The Labute approximate surface area is 231 Å². The number of nitrogens with one attached hydrogen (secondary N) is 1. The van der Waals surface area contributed by atoms with E-state index in [2.05, 4.69) is 29.6 Å².